The smallest absolute Gasteiger partial charge is 0.314 e. The highest BCUT2D eigenvalue weighted by atomic mass is 27.0. The van der Waals surface area contributed by atoms with Gasteiger partial charge in [-0.25, -0.2) is 0 Å². The fraction of sp³-hybridized carbons (Fsp3) is 0.792. The van der Waals surface area contributed by atoms with Crippen molar-refractivity contribution >= 4 is 35.1 Å². The Labute approximate surface area is 194 Å². The summed E-state index contributed by atoms with van der Waals surface area (Å²) in [7, 11) is 0. The van der Waals surface area contributed by atoms with E-state index < -0.39 is 17.9 Å². The van der Waals surface area contributed by atoms with E-state index in [1.165, 1.54) is 77.6 Å². The van der Waals surface area contributed by atoms with E-state index in [1.807, 2.05) is 0 Å². The molecule has 0 saturated carbocycles. The van der Waals surface area contributed by atoms with Crippen LogP contribution in [-0.4, -0.2) is 45.3 Å². The molecule has 0 saturated heterocycles. The maximum Gasteiger partial charge on any atom is 0.314 e. The molecule has 6 heteroatoms. The van der Waals surface area contributed by atoms with E-state index >= 15 is 0 Å². The predicted molar refractivity (Wildman–Crippen MR) is 129 cm³/mol. The van der Waals surface area contributed by atoms with Gasteiger partial charge >= 0.3 is 11.9 Å². The molecule has 176 valence electrons. The summed E-state index contributed by atoms with van der Waals surface area (Å²) in [6.07, 6.45) is 21.6. The number of unbranched alkanes of at least 4 members (excludes halogenated alkanes) is 11. The fourth-order valence-corrected chi connectivity index (χ4v) is 2.98. The normalized spacial score (nSPS) is 11.3. The zero-order valence-electron chi connectivity index (χ0n) is 19.0. The molecule has 1 atom stereocenters. The Balaban J connectivity index is -0.000000616. The summed E-state index contributed by atoms with van der Waals surface area (Å²) in [5.74, 6) is -2.76. The highest BCUT2D eigenvalue weighted by Crippen LogP contribution is 2.09. The van der Waals surface area contributed by atoms with Gasteiger partial charge in [0.25, 0.3) is 0 Å². The Morgan fingerprint density at radius 2 is 1.17 bits per heavy atom. The van der Waals surface area contributed by atoms with Crippen molar-refractivity contribution in [2.75, 3.05) is 0 Å². The van der Waals surface area contributed by atoms with Gasteiger partial charge in [-0.2, -0.15) is 0 Å². The number of aliphatic carboxylic acids is 2. The van der Waals surface area contributed by atoms with E-state index in [2.05, 4.69) is 19.1 Å². The third-order valence-electron chi connectivity index (χ3n) is 4.85. The number of rotatable bonds is 18. The Morgan fingerprint density at radius 1 is 0.733 bits per heavy atom. The van der Waals surface area contributed by atoms with Crippen molar-refractivity contribution in [1.29, 1.82) is 0 Å². The second-order valence-corrected chi connectivity index (χ2v) is 7.64. The molecule has 0 aromatic heterocycles. The zero-order chi connectivity index (χ0) is 22.3. The van der Waals surface area contributed by atoms with Gasteiger partial charge < -0.3 is 10.2 Å². The SMILES string of the molecule is CCC(C(C)=O)C(=O)O.CCCCCCCC/C=C\CCCCCCCC(=O)O.[AlH3]. The number of hydrogen-bond donors (Lipinski definition) is 2. The average Bonchev–Trinajstić information content (AvgIpc) is 2.65. The lowest BCUT2D eigenvalue weighted by Crippen LogP contribution is -2.19. The monoisotopic (exact) mass is 442 g/mol. The molecule has 0 rings (SSSR count). The number of Topliss-reactive ketones (excluding diaryl/α,β-unsaturated/α-hetero) is 1. The number of carbonyl (C=O) groups is 3. The van der Waals surface area contributed by atoms with Gasteiger partial charge in [-0.05, 0) is 45.4 Å². The van der Waals surface area contributed by atoms with Crippen LogP contribution in [0.5, 0.6) is 0 Å². The number of carbonyl (C=O) groups excluding carboxylic acids is 1. The van der Waals surface area contributed by atoms with Crippen molar-refractivity contribution in [1.82, 2.24) is 0 Å². The van der Waals surface area contributed by atoms with Gasteiger partial charge in [-0.1, -0.05) is 77.4 Å². The van der Waals surface area contributed by atoms with Crippen LogP contribution in [0, 0.1) is 5.92 Å². The van der Waals surface area contributed by atoms with Gasteiger partial charge in [0.2, 0.25) is 0 Å². The van der Waals surface area contributed by atoms with Gasteiger partial charge in [0.05, 0.1) is 0 Å². The van der Waals surface area contributed by atoms with E-state index in [4.69, 9.17) is 10.2 Å². The topological polar surface area (TPSA) is 91.7 Å². The van der Waals surface area contributed by atoms with Crippen molar-refractivity contribution in [3.63, 3.8) is 0 Å². The minimum atomic E-state index is -1.02. The van der Waals surface area contributed by atoms with Gasteiger partial charge in [-0.15, -0.1) is 0 Å². The van der Waals surface area contributed by atoms with Crippen molar-refractivity contribution in [2.45, 2.75) is 117 Å². The molecule has 0 fully saturated rings. The maximum atomic E-state index is 10.4. The van der Waals surface area contributed by atoms with Crippen LogP contribution in [0.25, 0.3) is 0 Å². The van der Waals surface area contributed by atoms with Crippen LogP contribution in [0.3, 0.4) is 0 Å². The predicted octanol–water partition coefficient (Wildman–Crippen LogP) is 5.61. The van der Waals surface area contributed by atoms with Crippen LogP contribution in [0.15, 0.2) is 12.2 Å². The summed E-state index contributed by atoms with van der Waals surface area (Å²) in [5.41, 5.74) is 0. The van der Waals surface area contributed by atoms with E-state index in [1.54, 1.807) is 6.92 Å². The van der Waals surface area contributed by atoms with Gasteiger partial charge in [-0.3, -0.25) is 14.4 Å². The lowest BCUT2D eigenvalue weighted by Gasteiger charge is -2.01. The molecule has 0 radical (unpaired) electrons. The molecule has 5 nitrogen and oxygen atoms in total. The van der Waals surface area contributed by atoms with Crippen molar-refractivity contribution < 1.29 is 24.6 Å². The van der Waals surface area contributed by atoms with E-state index in [9.17, 15) is 14.4 Å². The number of allylic oxidation sites excluding steroid dienone is 2. The quantitative estimate of drug-likeness (QED) is 0.125. The summed E-state index contributed by atoms with van der Waals surface area (Å²) >= 11 is 0. The minimum Gasteiger partial charge on any atom is -0.481 e. The van der Waals surface area contributed by atoms with E-state index in [0.29, 0.717) is 12.8 Å². The summed E-state index contributed by atoms with van der Waals surface area (Å²) in [6, 6.07) is 0. The average molecular weight is 443 g/mol. The molecule has 0 bridgehead atoms. The number of carboxylic acid groups (broad SMARTS) is 2. The van der Waals surface area contributed by atoms with Gasteiger partial charge in [0.1, 0.15) is 11.7 Å². The van der Waals surface area contributed by atoms with Crippen LogP contribution in [-0.2, 0) is 14.4 Å². The van der Waals surface area contributed by atoms with Crippen LogP contribution in [0.1, 0.15) is 117 Å². The Morgan fingerprint density at radius 3 is 1.50 bits per heavy atom. The molecule has 1 unspecified atom stereocenters. The highest BCUT2D eigenvalue weighted by Gasteiger charge is 2.19. The Hall–Kier alpha value is -1.12. The molecule has 2 N–H and O–H groups in total. The third kappa shape index (κ3) is 26.9. The van der Waals surface area contributed by atoms with Gasteiger partial charge in [0, 0.05) is 6.42 Å². The Kier molecular flexibility index (Phi) is 29.0. The summed E-state index contributed by atoms with van der Waals surface area (Å²) < 4.78 is 0. The second-order valence-electron chi connectivity index (χ2n) is 7.64. The first-order valence-corrected chi connectivity index (χ1v) is 11.5. The molecule has 0 aliphatic rings. The van der Waals surface area contributed by atoms with E-state index in [-0.39, 0.29) is 23.1 Å². The molecule has 0 spiro atoms. The van der Waals surface area contributed by atoms with Crippen molar-refractivity contribution in [3.05, 3.63) is 12.2 Å². The summed E-state index contributed by atoms with van der Waals surface area (Å²) in [6.45, 7) is 5.23. The van der Waals surface area contributed by atoms with Crippen LogP contribution in [0.2, 0.25) is 0 Å². The van der Waals surface area contributed by atoms with Crippen molar-refractivity contribution in [2.24, 2.45) is 5.92 Å². The lowest BCUT2D eigenvalue weighted by molar-refractivity contribution is -0.145. The molecular weight excluding hydrogens is 395 g/mol. The first-order valence-electron chi connectivity index (χ1n) is 11.5. The molecule has 0 aliphatic carbocycles. The number of ketones is 1. The zero-order valence-corrected chi connectivity index (χ0v) is 19.0. The maximum absolute atomic E-state index is 10.4. The molecular formula is C24H47AlO5. The van der Waals surface area contributed by atoms with Crippen LogP contribution in [0.4, 0.5) is 0 Å². The second kappa shape index (κ2) is 25.9. The van der Waals surface area contributed by atoms with Crippen LogP contribution < -0.4 is 0 Å². The summed E-state index contributed by atoms with van der Waals surface area (Å²) in [4.78, 5) is 30.9. The molecule has 0 aromatic carbocycles. The third-order valence-corrected chi connectivity index (χ3v) is 4.85. The lowest BCUT2D eigenvalue weighted by atomic mass is 10.0. The molecule has 30 heavy (non-hydrogen) atoms. The highest BCUT2D eigenvalue weighted by molar-refractivity contribution is 5.96. The fourth-order valence-electron chi connectivity index (χ4n) is 2.98. The molecule has 0 aliphatic heterocycles. The van der Waals surface area contributed by atoms with Crippen LogP contribution >= 0.6 is 0 Å². The number of carboxylic acids is 2. The number of hydrogen-bond acceptors (Lipinski definition) is 3. The summed E-state index contributed by atoms with van der Waals surface area (Å²) in [5, 5.41) is 16.8. The molecule has 0 heterocycles. The van der Waals surface area contributed by atoms with Crippen molar-refractivity contribution in [3.8, 4) is 0 Å². The first-order chi connectivity index (χ1) is 13.9. The standard InChI is InChI=1S/C18H34O2.C6H10O3.Al.3H/c1-2-3-4-5-6-7-8-9-10-11-12-13-14-15-16-17-18(19)20;1-3-5(4(2)7)6(8)9;;;;/h9-10H,2-8,11-17H2,1H3,(H,19,20);5H,3H2,1-2H3,(H,8,9);;;;/b10-9-;;;;;. The first kappa shape index (κ1) is 33.5. The van der Waals surface area contributed by atoms with Gasteiger partial charge in [0.15, 0.2) is 17.4 Å². The largest absolute Gasteiger partial charge is 0.481 e. The Bertz CT molecular complexity index is 435. The minimum absolute atomic E-state index is 0. The molecule has 0 amide bonds. The molecule has 0 aromatic rings. The van der Waals surface area contributed by atoms with E-state index in [0.717, 1.165) is 12.8 Å².